The molecule has 140 valence electrons. The summed E-state index contributed by atoms with van der Waals surface area (Å²) in [5.41, 5.74) is 0. The van der Waals surface area contributed by atoms with Crippen LogP contribution >= 0.6 is 0 Å². The second kappa shape index (κ2) is 6.52. The molecule has 3 amide bonds. The first-order chi connectivity index (χ1) is 11.7. The molecule has 3 saturated heterocycles. The molecule has 0 aliphatic carbocycles. The Morgan fingerprint density at radius 1 is 1.32 bits per heavy atom. The number of hydrogen-bond donors (Lipinski definition) is 3. The molecule has 11 nitrogen and oxygen atoms in total. The number of hydroxylamine groups is 2. The van der Waals surface area contributed by atoms with Gasteiger partial charge in [-0.3, -0.25) is 14.8 Å². The first-order valence-electron chi connectivity index (χ1n) is 8.00. The van der Waals surface area contributed by atoms with Crippen LogP contribution in [0.5, 0.6) is 0 Å². The van der Waals surface area contributed by atoms with Crippen LogP contribution in [0, 0.1) is 11.3 Å². The molecule has 0 aromatic rings. The summed E-state index contributed by atoms with van der Waals surface area (Å²) in [6, 6.07) is -1.91. The molecule has 0 saturated carbocycles. The molecule has 25 heavy (non-hydrogen) atoms. The molecule has 3 aliphatic heterocycles. The van der Waals surface area contributed by atoms with E-state index in [1.165, 1.54) is 4.90 Å². The van der Waals surface area contributed by atoms with E-state index >= 15 is 0 Å². The van der Waals surface area contributed by atoms with Gasteiger partial charge >= 0.3 is 16.4 Å². The summed E-state index contributed by atoms with van der Waals surface area (Å²) in [5, 5.41) is 11.3. The number of piperidine rings is 1. The maximum absolute atomic E-state index is 12.3. The number of nitrogens with one attached hydrogen (secondary N) is 2. The molecule has 3 rings (SSSR count). The number of amidine groups is 1. The fourth-order valence-corrected chi connectivity index (χ4v) is 3.99. The van der Waals surface area contributed by atoms with Crippen LogP contribution in [0.3, 0.4) is 0 Å². The van der Waals surface area contributed by atoms with Gasteiger partial charge in [0.1, 0.15) is 5.84 Å². The van der Waals surface area contributed by atoms with Crippen molar-refractivity contribution < 1.29 is 26.8 Å². The van der Waals surface area contributed by atoms with Gasteiger partial charge in [-0.25, -0.2) is 4.79 Å². The van der Waals surface area contributed by atoms with Gasteiger partial charge in [-0.05, 0) is 32.9 Å². The van der Waals surface area contributed by atoms with Gasteiger partial charge in [0.2, 0.25) is 5.91 Å². The Bertz CT molecular complexity index is 697. The lowest BCUT2D eigenvalue weighted by atomic mass is 9.99. The molecular weight excluding hydrogens is 354 g/mol. The standard InChI is InChI=1S/C13H21N5O6S/c1-16-5-4-8(6-16)12(19)15-11(14)10-3-2-9-7-17(10)13(20)18(9)24-25(21,22)23/h8-10H,2-7H2,1H3,(H2,14,15,19)(H,21,22,23)/t8-,9-,10+/m1/s1. The van der Waals surface area contributed by atoms with Gasteiger partial charge in [0, 0.05) is 13.1 Å². The lowest BCUT2D eigenvalue weighted by Crippen LogP contribution is -2.51. The predicted molar refractivity (Wildman–Crippen MR) is 84.9 cm³/mol. The van der Waals surface area contributed by atoms with Crippen LogP contribution in [0.2, 0.25) is 0 Å². The zero-order chi connectivity index (χ0) is 18.4. The maximum Gasteiger partial charge on any atom is 0.418 e. The number of urea groups is 1. The first-order valence-corrected chi connectivity index (χ1v) is 9.37. The molecule has 3 fully saturated rings. The average Bonchev–Trinajstić information content (AvgIpc) is 3.05. The molecule has 0 radical (unpaired) electrons. The van der Waals surface area contributed by atoms with Crippen molar-refractivity contribution >= 4 is 28.2 Å². The highest BCUT2D eigenvalue weighted by Crippen LogP contribution is 2.30. The lowest BCUT2D eigenvalue weighted by Gasteiger charge is -2.31. The highest BCUT2D eigenvalue weighted by Gasteiger charge is 2.48. The molecule has 3 aliphatic rings. The van der Waals surface area contributed by atoms with Gasteiger partial charge in [0.15, 0.2) is 0 Å². The van der Waals surface area contributed by atoms with E-state index in [2.05, 4.69) is 9.60 Å². The van der Waals surface area contributed by atoms with E-state index in [1.807, 2.05) is 11.9 Å². The van der Waals surface area contributed by atoms with Crippen molar-refractivity contribution in [3.8, 4) is 0 Å². The molecule has 0 spiro atoms. The summed E-state index contributed by atoms with van der Waals surface area (Å²) in [6.45, 7) is 1.62. The van der Waals surface area contributed by atoms with E-state index in [0.29, 0.717) is 24.4 Å². The van der Waals surface area contributed by atoms with Gasteiger partial charge in [0.25, 0.3) is 0 Å². The molecule has 3 heterocycles. The van der Waals surface area contributed by atoms with Crippen molar-refractivity contribution in [3.63, 3.8) is 0 Å². The summed E-state index contributed by atoms with van der Waals surface area (Å²) >= 11 is 0. The number of nitrogens with zero attached hydrogens (tertiary/aromatic N) is 3. The highest BCUT2D eigenvalue weighted by atomic mass is 32.3. The minimum Gasteiger partial charge on any atom is -0.313 e. The monoisotopic (exact) mass is 375 g/mol. The molecule has 0 aromatic carbocycles. The summed E-state index contributed by atoms with van der Waals surface area (Å²) < 4.78 is 34.9. The molecule has 3 atom stereocenters. The maximum atomic E-state index is 12.3. The van der Waals surface area contributed by atoms with E-state index in [-0.39, 0.29) is 24.2 Å². The Labute approximate surface area is 145 Å². The number of amides is 3. The quantitative estimate of drug-likeness (QED) is 0.326. The van der Waals surface area contributed by atoms with Crippen LogP contribution in [0.15, 0.2) is 0 Å². The number of likely N-dealkylation sites (tertiary alicyclic amines) is 1. The third-order valence-corrected chi connectivity index (χ3v) is 5.20. The summed E-state index contributed by atoms with van der Waals surface area (Å²) in [6.07, 6.45) is 1.51. The van der Waals surface area contributed by atoms with Gasteiger partial charge < -0.3 is 15.1 Å². The van der Waals surface area contributed by atoms with Crippen molar-refractivity contribution in [1.29, 1.82) is 5.41 Å². The first kappa shape index (κ1) is 18.0. The Kier molecular flexibility index (Phi) is 4.70. The van der Waals surface area contributed by atoms with Crippen LogP contribution in [0.4, 0.5) is 4.79 Å². The fraction of sp³-hybridized carbons (Fsp3) is 0.769. The van der Waals surface area contributed by atoms with E-state index in [1.54, 1.807) is 0 Å². The highest BCUT2D eigenvalue weighted by molar-refractivity contribution is 7.80. The van der Waals surface area contributed by atoms with E-state index < -0.39 is 28.5 Å². The van der Waals surface area contributed by atoms with Crippen molar-refractivity contribution in [2.75, 3.05) is 26.7 Å². The summed E-state index contributed by atoms with van der Waals surface area (Å²) in [5.74, 6) is -0.510. The number of carbonyl (C=O) groups is 2. The van der Waals surface area contributed by atoms with Gasteiger partial charge in [-0.15, -0.1) is 4.28 Å². The Morgan fingerprint density at radius 3 is 2.64 bits per heavy atom. The van der Waals surface area contributed by atoms with Crippen molar-refractivity contribution in [3.05, 3.63) is 0 Å². The number of hydrogen-bond acceptors (Lipinski definition) is 7. The normalized spacial score (nSPS) is 30.0. The van der Waals surface area contributed by atoms with Gasteiger partial charge in [-0.2, -0.15) is 13.5 Å². The molecule has 2 bridgehead atoms. The lowest BCUT2D eigenvalue weighted by molar-refractivity contribution is -0.123. The van der Waals surface area contributed by atoms with Crippen LogP contribution in [-0.2, 0) is 19.5 Å². The van der Waals surface area contributed by atoms with Crippen LogP contribution in [-0.4, -0.2) is 84.4 Å². The minimum atomic E-state index is -4.80. The summed E-state index contributed by atoms with van der Waals surface area (Å²) in [7, 11) is -2.88. The third kappa shape index (κ3) is 3.76. The molecular formula is C13H21N5O6S. The SMILES string of the molecule is CN1CC[C@@H](C(=O)NC(=N)[C@@H]2CC[C@@H]3CN2C(=O)N3OS(=O)(=O)O)C1. The zero-order valence-corrected chi connectivity index (χ0v) is 14.5. The van der Waals surface area contributed by atoms with Gasteiger partial charge in [-0.1, -0.05) is 0 Å². The second-order valence-electron chi connectivity index (χ2n) is 6.66. The van der Waals surface area contributed by atoms with Gasteiger partial charge in [0.05, 0.1) is 18.0 Å². The average molecular weight is 375 g/mol. The van der Waals surface area contributed by atoms with Crippen molar-refractivity contribution in [2.45, 2.75) is 31.3 Å². The number of carbonyl (C=O) groups excluding carboxylic acids is 2. The molecule has 12 heteroatoms. The topological polar surface area (TPSA) is 143 Å². The van der Waals surface area contributed by atoms with Crippen molar-refractivity contribution in [1.82, 2.24) is 20.2 Å². The predicted octanol–water partition coefficient (Wildman–Crippen LogP) is -0.965. The van der Waals surface area contributed by atoms with Crippen LogP contribution in [0.1, 0.15) is 19.3 Å². The number of rotatable bonds is 4. The smallest absolute Gasteiger partial charge is 0.313 e. The largest absolute Gasteiger partial charge is 0.418 e. The van der Waals surface area contributed by atoms with Crippen LogP contribution in [0.25, 0.3) is 0 Å². The second-order valence-corrected chi connectivity index (χ2v) is 7.67. The molecule has 0 aromatic heterocycles. The molecule has 3 N–H and O–H groups in total. The Hall–Kier alpha value is -1.76. The number of fused-ring (bicyclic) bond motifs is 2. The Morgan fingerprint density at radius 2 is 2.04 bits per heavy atom. The van der Waals surface area contributed by atoms with E-state index in [4.69, 9.17) is 9.96 Å². The van der Waals surface area contributed by atoms with E-state index in [0.717, 1.165) is 13.0 Å². The summed E-state index contributed by atoms with van der Waals surface area (Å²) in [4.78, 5) is 27.9. The van der Waals surface area contributed by atoms with E-state index in [9.17, 15) is 18.0 Å². The third-order valence-electron chi connectivity index (χ3n) is 4.85. The Balaban J connectivity index is 1.63. The fourth-order valence-electron chi connectivity index (χ4n) is 3.60. The minimum absolute atomic E-state index is 0.0833. The zero-order valence-electron chi connectivity index (χ0n) is 13.7. The van der Waals surface area contributed by atoms with Crippen LogP contribution < -0.4 is 5.32 Å². The molecule has 0 unspecified atom stereocenters. The van der Waals surface area contributed by atoms with Crippen molar-refractivity contribution in [2.24, 2.45) is 5.92 Å².